The Hall–Kier alpha value is -2.70. The quantitative estimate of drug-likeness (QED) is 0.819. The number of rotatable bonds is 6. The third kappa shape index (κ3) is 5.43. The Morgan fingerprint density at radius 2 is 1.97 bits per heavy atom. The molecule has 2 aliphatic heterocycles. The SMILES string of the molecule is O=C(Nc1ccc(N2CCN(C/C=C/c3ccccc3)CC2)cn1)C1CCCO1. The number of carbonyl (C=O) groups is 1. The minimum atomic E-state index is -0.333. The lowest BCUT2D eigenvalue weighted by Crippen LogP contribution is -2.46. The molecule has 2 saturated heterocycles. The number of benzene rings is 1. The van der Waals surface area contributed by atoms with Crippen molar-refractivity contribution in [2.45, 2.75) is 18.9 Å². The van der Waals surface area contributed by atoms with Gasteiger partial charge in [0.15, 0.2) is 0 Å². The molecule has 29 heavy (non-hydrogen) atoms. The summed E-state index contributed by atoms with van der Waals surface area (Å²) >= 11 is 0. The van der Waals surface area contributed by atoms with E-state index in [1.165, 1.54) is 5.56 Å². The molecule has 152 valence electrons. The third-order valence-electron chi connectivity index (χ3n) is 5.43. The zero-order chi connectivity index (χ0) is 19.9. The molecule has 1 atom stereocenters. The standard InChI is InChI=1S/C23H28N4O2/c28-23(21-9-5-17-29-21)25-22-11-10-20(18-24-22)27-15-13-26(14-16-27)12-4-8-19-6-2-1-3-7-19/h1-4,6-8,10-11,18,21H,5,9,12-17H2,(H,24,25,28)/b8-4+. The van der Waals surface area contributed by atoms with Crippen molar-refractivity contribution >= 4 is 23.5 Å². The molecule has 1 aromatic heterocycles. The van der Waals surface area contributed by atoms with Crippen molar-refractivity contribution in [2.24, 2.45) is 0 Å². The van der Waals surface area contributed by atoms with Gasteiger partial charge in [-0.05, 0) is 30.5 Å². The van der Waals surface area contributed by atoms with Gasteiger partial charge in [-0.15, -0.1) is 0 Å². The molecule has 0 bridgehead atoms. The second-order valence-corrected chi connectivity index (χ2v) is 7.49. The summed E-state index contributed by atoms with van der Waals surface area (Å²) in [6, 6.07) is 14.3. The molecule has 0 spiro atoms. The summed E-state index contributed by atoms with van der Waals surface area (Å²) in [5.74, 6) is 0.485. The van der Waals surface area contributed by atoms with E-state index in [2.05, 4.69) is 56.5 Å². The van der Waals surface area contributed by atoms with Crippen molar-refractivity contribution < 1.29 is 9.53 Å². The van der Waals surface area contributed by atoms with Gasteiger partial charge >= 0.3 is 0 Å². The Kier molecular flexibility index (Phi) is 6.54. The van der Waals surface area contributed by atoms with E-state index >= 15 is 0 Å². The van der Waals surface area contributed by atoms with Crippen molar-refractivity contribution in [3.63, 3.8) is 0 Å². The fourth-order valence-electron chi connectivity index (χ4n) is 3.73. The van der Waals surface area contributed by atoms with Gasteiger partial charge in [0.25, 0.3) is 5.91 Å². The van der Waals surface area contributed by atoms with E-state index in [0.717, 1.165) is 51.3 Å². The van der Waals surface area contributed by atoms with Gasteiger partial charge in [0.1, 0.15) is 11.9 Å². The highest BCUT2D eigenvalue weighted by Gasteiger charge is 2.24. The zero-order valence-electron chi connectivity index (χ0n) is 16.7. The first kappa shape index (κ1) is 19.6. The second-order valence-electron chi connectivity index (χ2n) is 7.49. The van der Waals surface area contributed by atoms with Gasteiger partial charge in [-0.1, -0.05) is 42.5 Å². The van der Waals surface area contributed by atoms with Crippen LogP contribution in [0, 0.1) is 0 Å². The number of aromatic nitrogens is 1. The lowest BCUT2D eigenvalue weighted by Gasteiger charge is -2.35. The van der Waals surface area contributed by atoms with E-state index in [-0.39, 0.29) is 12.0 Å². The van der Waals surface area contributed by atoms with E-state index in [9.17, 15) is 4.79 Å². The molecule has 3 heterocycles. The molecular formula is C23H28N4O2. The Balaban J connectivity index is 1.23. The molecule has 0 saturated carbocycles. The van der Waals surface area contributed by atoms with Crippen LogP contribution in [0.1, 0.15) is 18.4 Å². The van der Waals surface area contributed by atoms with Crippen LogP contribution in [-0.2, 0) is 9.53 Å². The summed E-state index contributed by atoms with van der Waals surface area (Å²) in [6.45, 7) is 5.63. The summed E-state index contributed by atoms with van der Waals surface area (Å²) in [7, 11) is 0. The molecule has 1 N–H and O–H groups in total. The molecule has 1 amide bonds. The summed E-state index contributed by atoms with van der Waals surface area (Å²) in [5, 5.41) is 2.85. The van der Waals surface area contributed by atoms with Gasteiger partial charge in [0.2, 0.25) is 0 Å². The lowest BCUT2D eigenvalue weighted by molar-refractivity contribution is -0.124. The van der Waals surface area contributed by atoms with E-state index in [1.54, 1.807) is 0 Å². The fourth-order valence-corrected chi connectivity index (χ4v) is 3.73. The molecule has 2 aromatic rings. The number of anilines is 2. The van der Waals surface area contributed by atoms with E-state index in [0.29, 0.717) is 12.4 Å². The van der Waals surface area contributed by atoms with Crippen LogP contribution in [0.3, 0.4) is 0 Å². The molecule has 2 fully saturated rings. The highest BCUT2D eigenvalue weighted by molar-refractivity contribution is 5.93. The van der Waals surface area contributed by atoms with Crippen LogP contribution < -0.4 is 10.2 Å². The molecule has 1 aromatic carbocycles. The predicted molar refractivity (Wildman–Crippen MR) is 116 cm³/mol. The first-order valence-corrected chi connectivity index (χ1v) is 10.4. The van der Waals surface area contributed by atoms with E-state index in [4.69, 9.17) is 4.74 Å². The first-order chi connectivity index (χ1) is 14.3. The van der Waals surface area contributed by atoms with Crippen molar-refractivity contribution in [1.82, 2.24) is 9.88 Å². The topological polar surface area (TPSA) is 57.7 Å². The maximum absolute atomic E-state index is 12.1. The molecule has 4 rings (SSSR count). The van der Waals surface area contributed by atoms with Crippen LogP contribution in [0.5, 0.6) is 0 Å². The number of pyridine rings is 1. The number of hydrogen-bond donors (Lipinski definition) is 1. The van der Waals surface area contributed by atoms with Crippen LogP contribution in [-0.4, -0.2) is 61.2 Å². The van der Waals surface area contributed by atoms with Crippen LogP contribution in [0.4, 0.5) is 11.5 Å². The van der Waals surface area contributed by atoms with Gasteiger partial charge in [0.05, 0.1) is 11.9 Å². The van der Waals surface area contributed by atoms with Crippen LogP contribution in [0.15, 0.2) is 54.7 Å². The Morgan fingerprint density at radius 3 is 2.66 bits per heavy atom. The fraction of sp³-hybridized carbons (Fsp3) is 0.391. The first-order valence-electron chi connectivity index (χ1n) is 10.4. The number of hydrogen-bond acceptors (Lipinski definition) is 5. The summed E-state index contributed by atoms with van der Waals surface area (Å²) in [6.07, 6.45) is 7.65. The largest absolute Gasteiger partial charge is 0.368 e. The monoisotopic (exact) mass is 392 g/mol. The molecule has 0 radical (unpaired) electrons. The predicted octanol–water partition coefficient (Wildman–Crippen LogP) is 3.03. The van der Waals surface area contributed by atoms with E-state index < -0.39 is 0 Å². The number of nitrogens with one attached hydrogen (secondary N) is 1. The third-order valence-corrected chi connectivity index (χ3v) is 5.43. The molecule has 2 aliphatic rings. The normalized spacial score (nSPS) is 20.3. The van der Waals surface area contributed by atoms with Gasteiger partial charge in [-0.3, -0.25) is 9.69 Å². The lowest BCUT2D eigenvalue weighted by atomic mass is 10.2. The number of ether oxygens (including phenoxy) is 1. The summed E-state index contributed by atoms with van der Waals surface area (Å²) in [5.41, 5.74) is 2.34. The highest BCUT2D eigenvalue weighted by Crippen LogP contribution is 2.19. The van der Waals surface area contributed by atoms with Gasteiger partial charge in [-0.2, -0.15) is 0 Å². The van der Waals surface area contributed by atoms with Gasteiger partial charge in [0, 0.05) is 39.3 Å². The van der Waals surface area contributed by atoms with E-state index in [1.807, 2.05) is 24.4 Å². The minimum Gasteiger partial charge on any atom is -0.368 e. The van der Waals surface area contributed by atoms with Crippen LogP contribution >= 0.6 is 0 Å². The van der Waals surface area contributed by atoms with Gasteiger partial charge < -0.3 is 15.0 Å². The Labute approximate surface area is 172 Å². The summed E-state index contributed by atoms with van der Waals surface area (Å²) in [4.78, 5) is 21.3. The Morgan fingerprint density at radius 1 is 1.14 bits per heavy atom. The molecule has 6 heteroatoms. The van der Waals surface area contributed by atoms with Crippen molar-refractivity contribution in [3.05, 3.63) is 60.3 Å². The van der Waals surface area contributed by atoms with Crippen molar-refractivity contribution in [3.8, 4) is 0 Å². The van der Waals surface area contributed by atoms with Crippen LogP contribution in [0.2, 0.25) is 0 Å². The highest BCUT2D eigenvalue weighted by atomic mass is 16.5. The zero-order valence-corrected chi connectivity index (χ0v) is 16.7. The van der Waals surface area contributed by atoms with Crippen LogP contribution in [0.25, 0.3) is 6.08 Å². The summed E-state index contributed by atoms with van der Waals surface area (Å²) < 4.78 is 5.41. The van der Waals surface area contributed by atoms with Gasteiger partial charge in [-0.25, -0.2) is 4.98 Å². The number of amides is 1. The molecule has 1 unspecified atom stereocenters. The maximum Gasteiger partial charge on any atom is 0.254 e. The average Bonchev–Trinajstić information content (AvgIpc) is 3.31. The number of piperazine rings is 1. The molecule has 0 aliphatic carbocycles. The smallest absolute Gasteiger partial charge is 0.254 e. The number of nitrogens with zero attached hydrogens (tertiary/aromatic N) is 3. The Bertz CT molecular complexity index is 809. The van der Waals surface area contributed by atoms with Crippen molar-refractivity contribution in [2.75, 3.05) is 49.5 Å². The molecular weight excluding hydrogens is 364 g/mol. The molecule has 6 nitrogen and oxygen atoms in total. The average molecular weight is 393 g/mol. The maximum atomic E-state index is 12.1. The number of carbonyl (C=O) groups excluding carboxylic acids is 1. The minimum absolute atomic E-state index is 0.0973. The van der Waals surface area contributed by atoms with Crippen molar-refractivity contribution in [1.29, 1.82) is 0 Å². The second kappa shape index (κ2) is 9.67.